The lowest BCUT2D eigenvalue weighted by atomic mass is 10.2. The summed E-state index contributed by atoms with van der Waals surface area (Å²) in [4.78, 5) is 4.44. The molecule has 0 saturated carbocycles. The maximum absolute atomic E-state index is 5.64. The summed E-state index contributed by atoms with van der Waals surface area (Å²) in [6.45, 7) is 0.688. The van der Waals surface area contributed by atoms with E-state index in [1.807, 2.05) is 30.5 Å². The fourth-order valence-corrected chi connectivity index (χ4v) is 1.48. The van der Waals surface area contributed by atoms with E-state index in [4.69, 9.17) is 4.74 Å². The van der Waals surface area contributed by atoms with Gasteiger partial charge in [-0.1, -0.05) is 12.1 Å². The molecule has 1 aromatic carbocycles. The maximum atomic E-state index is 5.64. The molecule has 70 valence electrons. The summed E-state index contributed by atoms with van der Waals surface area (Å²) >= 11 is 0. The number of rotatable bonds is 0. The zero-order valence-electron chi connectivity index (χ0n) is 7.45. The maximum Gasteiger partial charge on any atom is 0.185 e. The van der Waals surface area contributed by atoms with Gasteiger partial charge in [0.2, 0.25) is 0 Å². The Morgan fingerprint density at radius 2 is 2.21 bits per heavy atom. The van der Waals surface area contributed by atoms with Crippen LogP contribution in [0.15, 0.2) is 41.2 Å². The van der Waals surface area contributed by atoms with Gasteiger partial charge in [0.15, 0.2) is 17.3 Å². The van der Waals surface area contributed by atoms with Crippen LogP contribution in [0.5, 0.6) is 5.75 Å². The van der Waals surface area contributed by atoms with Crippen molar-refractivity contribution in [3.63, 3.8) is 0 Å². The van der Waals surface area contributed by atoms with E-state index in [-0.39, 0.29) is 0 Å². The van der Waals surface area contributed by atoms with E-state index in [0.29, 0.717) is 6.67 Å². The smallest absolute Gasteiger partial charge is 0.185 e. The number of para-hydroxylation sites is 2. The van der Waals surface area contributed by atoms with Crippen LogP contribution in [0.2, 0.25) is 0 Å². The predicted octanol–water partition coefficient (Wildman–Crippen LogP) is 1.10. The molecule has 0 spiro atoms. The average molecular weight is 187 g/mol. The Bertz CT molecular complexity index is 437. The third-order valence-electron chi connectivity index (χ3n) is 2.14. The minimum absolute atomic E-state index is 0.688. The van der Waals surface area contributed by atoms with Crippen LogP contribution in [0.3, 0.4) is 0 Å². The highest BCUT2D eigenvalue weighted by molar-refractivity contribution is 6.00. The van der Waals surface area contributed by atoms with E-state index in [1.54, 1.807) is 0 Å². The molecule has 2 aliphatic rings. The van der Waals surface area contributed by atoms with E-state index in [2.05, 4.69) is 15.6 Å². The van der Waals surface area contributed by atoms with E-state index in [9.17, 15) is 0 Å². The zero-order chi connectivity index (χ0) is 9.38. The molecule has 0 amide bonds. The van der Waals surface area contributed by atoms with Crippen molar-refractivity contribution in [2.24, 2.45) is 4.99 Å². The lowest BCUT2D eigenvalue weighted by Gasteiger charge is -2.23. The van der Waals surface area contributed by atoms with E-state index >= 15 is 0 Å². The SMILES string of the molecule is C1=C2Oc3ccccc3N=C2NCN1. The molecule has 2 N–H and O–H groups in total. The first-order valence-corrected chi connectivity index (χ1v) is 4.47. The van der Waals surface area contributed by atoms with Gasteiger partial charge in [0.1, 0.15) is 5.69 Å². The Balaban J connectivity index is 2.13. The number of aliphatic imine (C=N–C) groups is 1. The summed E-state index contributed by atoms with van der Waals surface area (Å²) in [7, 11) is 0. The van der Waals surface area contributed by atoms with Gasteiger partial charge in [0.25, 0.3) is 0 Å². The number of hydrogen-bond donors (Lipinski definition) is 2. The molecule has 0 fully saturated rings. The van der Waals surface area contributed by atoms with Crippen LogP contribution < -0.4 is 15.4 Å². The van der Waals surface area contributed by atoms with Gasteiger partial charge < -0.3 is 15.4 Å². The minimum atomic E-state index is 0.688. The van der Waals surface area contributed by atoms with Gasteiger partial charge in [0, 0.05) is 6.20 Å². The van der Waals surface area contributed by atoms with Crippen LogP contribution in [0.25, 0.3) is 0 Å². The molecule has 0 aliphatic carbocycles. The van der Waals surface area contributed by atoms with Gasteiger partial charge in [0.05, 0.1) is 6.67 Å². The third-order valence-corrected chi connectivity index (χ3v) is 2.14. The lowest BCUT2D eigenvalue weighted by molar-refractivity contribution is 0.433. The first kappa shape index (κ1) is 7.44. The molecule has 0 aromatic heterocycles. The van der Waals surface area contributed by atoms with Crippen LogP contribution >= 0.6 is 0 Å². The van der Waals surface area contributed by atoms with Crippen molar-refractivity contribution >= 4 is 11.5 Å². The van der Waals surface area contributed by atoms with E-state index < -0.39 is 0 Å². The topological polar surface area (TPSA) is 45.6 Å². The summed E-state index contributed by atoms with van der Waals surface area (Å²) < 4.78 is 5.64. The fourth-order valence-electron chi connectivity index (χ4n) is 1.48. The molecule has 0 radical (unpaired) electrons. The van der Waals surface area contributed by atoms with Crippen molar-refractivity contribution in [2.45, 2.75) is 0 Å². The molecule has 2 aliphatic heterocycles. The van der Waals surface area contributed by atoms with Gasteiger partial charge >= 0.3 is 0 Å². The highest BCUT2D eigenvalue weighted by atomic mass is 16.5. The van der Waals surface area contributed by atoms with E-state index in [0.717, 1.165) is 23.0 Å². The Morgan fingerprint density at radius 1 is 1.29 bits per heavy atom. The van der Waals surface area contributed by atoms with Gasteiger partial charge in [-0.3, -0.25) is 0 Å². The molecule has 4 nitrogen and oxygen atoms in total. The standard InChI is InChI=1S/C10H9N3O/c1-2-4-8-7(3-1)13-10-9(14-8)5-11-6-12-10/h1-5,11H,6H2,(H,12,13). The normalized spacial score (nSPS) is 17.4. The van der Waals surface area contributed by atoms with Crippen molar-refractivity contribution in [1.29, 1.82) is 0 Å². The Labute approximate surface area is 81.3 Å². The molecular formula is C10H9N3O. The number of benzene rings is 1. The first-order chi connectivity index (χ1) is 6.93. The molecule has 4 heteroatoms. The largest absolute Gasteiger partial charge is 0.450 e. The van der Waals surface area contributed by atoms with Gasteiger partial charge in [-0.15, -0.1) is 0 Å². The average Bonchev–Trinajstić information content (AvgIpc) is 2.26. The summed E-state index contributed by atoms with van der Waals surface area (Å²) in [5, 5.41) is 6.14. The third kappa shape index (κ3) is 1.04. The second-order valence-corrected chi connectivity index (χ2v) is 3.10. The van der Waals surface area contributed by atoms with Crippen LogP contribution in [-0.2, 0) is 0 Å². The number of nitrogens with zero attached hydrogens (tertiary/aromatic N) is 1. The van der Waals surface area contributed by atoms with Gasteiger partial charge in [-0.2, -0.15) is 0 Å². The highest BCUT2D eigenvalue weighted by Crippen LogP contribution is 2.32. The number of hydrogen-bond acceptors (Lipinski definition) is 4. The van der Waals surface area contributed by atoms with Crippen LogP contribution in [0, 0.1) is 0 Å². The molecule has 0 saturated heterocycles. The molecule has 0 atom stereocenters. The quantitative estimate of drug-likeness (QED) is 0.639. The van der Waals surface area contributed by atoms with Crippen molar-refractivity contribution < 1.29 is 4.74 Å². The molecule has 2 heterocycles. The Kier molecular flexibility index (Phi) is 1.47. The second-order valence-electron chi connectivity index (χ2n) is 3.10. The summed E-state index contributed by atoms with van der Waals surface area (Å²) in [5.41, 5.74) is 0.869. The number of fused-ring (bicyclic) bond motifs is 2. The Morgan fingerprint density at radius 3 is 3.21 bits per heavy atom. The summed E-state index contributed by atoms with van der Waals surface area (Å²) in [6, 6.07) is 7.72. The zero-order valence-corrected chi connectivity index (χ0v) is 7.45. The minimum Gasteiger partial charge on any atom is -0.450 e. The van der Waals surface area contributed by atoms with Crippen LogP contribution in [-0.4, -0.2) is 12.5 Å². The highest BCUT2D eigenvalue weighted by Gasteiger charge is 2.19. The van der Waals surface area contributed by atoms with Gasteiger partial charge in [-0.25, -0.2) is 4.99 Å². The monoisotopic (exact) mass is 187 g/mol. The predicted molar refractivity (Wildman–Crippen MR) is 53.4 cm³/mol. The second kappa shape index (κ2) is 2.77. The molecule has 14 heavy (non-hydrogen) atoms. The first-order valence-electron chi connectivity index (χ1n) is 4.47. The molecule has 1 aromatic rings. The Hall–Kier alpha value is -1.97. The number of amidine groups is 1. The van der Waals surface area contributed by atoms with Crippen LogP contribution in [0.1, 0.15) is 0 Å². The van der Waals surface area contributed by atoms with Gasteiger partial charge in [-0.05, 0) is 12.1 Å². The molecule has 3 rings (SSSR count). The van der Waals surface area contributed by atoms with Crippen molar-refractivity contribution in [1.82, 2.24) is 10.6 Å². The summed E-state index contributed by atoms with van der Waals surface area (Å²) in [5.74, 6) is 2.34. The molecule has 0 unspecified atom stereocenters. The molecule has 0 bridgehead atoms. The van der Waals surface area contributed by atoms with Crippen molar-refractivity contribution in [2.75, 3.05) is 6.67 Å². The van der Waals surface area contributed by atoms with Crippen molar-refractivity contribution in [3.05, 3.63) is 36.2 Å². The fraction of sp³-hybridized carbons (Fsp3) is 0.100. The number of ether oxygens (including phenoxy) is 1. The lowest BCUT2D eigenvalue weighted by Crippen LogP contribution is -2.40. The summed E-state index contributed by atoms with van der Waals surface area (Å²) in [6.07, 6.45) is 1.82. The van der Waals surface area contributed by atoms with E-state index in [1.165, 1.54) is 0 Å². The van der Waals surface area contributed by atoms with Crippen LogP contribution in [0.4, 0.5) is 5.69 Å². The van der Waals surface area contributed by atoms with Crippen molar-refractivity contribution in [3.8, 4) is 5.75 Å². The number of nitrogens with one attached hydrogen (secondary N) is 2. The molecular weight excluding hydrogens is 178 g/mol.